The van der Waals surface area contributed by atoms with E-state index in [9.17, 15) is 9.18 Å². The second kappa shape index (κ2) is 7.11. The van der Waals surface area contributed by atoms with E-state index in [1.807, 2.05) is 36.2 Å². The lowest BCUT2D eigenvalue weighted by Gasteiger charge is -2.35. The summed E-state index contributed by atoms with van der Waals surface area (Å²) in [5.41, 5.74) is 5.00. The number of carbonyl (C=O) groups is 1. The van der Waals surface area contributed by atoms with Gasteiger partial charge in [-0.3, -0.25) is 14.9 Å². The number of carbonyl (C=O) groups excluding carboxylic acids is 1. The Morgan fingerprint density at radius 2 is 1.97 bits per heavy atom. The number of fused-ring (bicyclic) bond motifs is 2. The van der Waals surface area contributed by atoms with Crippen LogP contribution >= 0.6 is 11.6 Å². The number of rotatable bonds is 3. The van der Waals surface area contributed by atoms with Gasteiger partial charge < -0.3 is 10.2 Å². The zero-order valence-electron chi connectivity index (χ0n) is 16.0. The van der Waals surface area contributed by atoms with Crippen molar-refractivity contribution in [1.82, 2.24) is 15.2 Å². The van der Waals surface area contributed by atoms with Crippen molar-refractivity contribution in [2.75, 3.05) is 17.3 Å². The van der Waals surface area contributed by atoms with Gasteiger partial charge in [0.05, 0.1) is 21.9 Å². The van der Waals surface area contributed by atoms with Gasteiger partial charge in [0.2, 0.25) is 5.91 Å². The summed E-state index contributed by atoms with van der Waals surface area (Å²) in [7, 11) is 1.88. The van der Waals surface area contributed by atoms with Crippen LogP contribution in [0.25, 0.3) is 22.2 Å². The van der Waals surface area contributed by atoms with Crippen molar-refractivity contribution >= 4 is 39.8 Å². The minimum absolute atomic E-state index is 0.0499. The van der Waals surface area contributed by atoms with Crippen LogP contribution in [0.3, 0.4) is 0 Å². The number of H-pyrrole nitrogens is 1. The van der Waals surface area contributed by atoms with Gasteiger partial charge in [0.15, 0.2) is 0 Å². The summed E-state index contributed by atoms with van der Waals surface area (Å²) in [6.07, 6.45) is 3.86. The van der Waals surface area contributed by atoms with Gasteiger partial charge in [0.1, 0.15) is 17.6 Å². The minimum atomic E-state index is -0.474. The van der Waals surface area contributed by atoms with Crippen LogP contribution in [-0.2, 0) is 11.2 Å². The molecule has 0 fully saturated rings. The number of likely N-dealkylation sites (N-methyl/N-ethyl adjacent to an activating group) is 1. The maximum absolute atomic E-state index is 13.5. The molecule has 3 heterocycles. The summed E-state index contributed by atoms with van der Waals surface area (Å²) in [6, 6.07) is 11.8. The zero-order valence-corrected chi connectivity index (χ0v) is 16.7. The molecule has 2 aromatic carbocycles. The van der Waals surface area contributed by atoms with Gasteiger partial charge in [-0.05, 0) is 42.0 Å². The topological polar surface area (TPSA) is 73.9 Å². The van der Waals surface area contributed by atoms with Gasteiger partial charge in [-0.25, -0.2) is 4.39 Å². The van der Waals surface area contributed by atoms with E-state index in [-0.39, 0.29) is 10.9 Å². The molecule has 0 spiro atoms. The van der Waals surface area contributed by atoms with Crippen LogP contribution in [0.15, 0.2) is 54.9 Å². The van der Waals surface area contributed by atoms with E-state index in [1.165, 1.54) is 6.07 Å². The van der Waals surface area contributed by atoms with E-state index in [1.54, 1.807) is 24.5 Å². The number of halogens is 2. The molecule has 2 aromatic heterocycles. The number of aromatic nitrogens is 3. The summed E-state index contributed by atoms with van der Waals surface area (Å²) < 4.78 is 13.5. The summed E-state index contributed by atoms with van der Waals surface area (Å²) in [4.78, 5) is 18.8. The molecule has 0 saturated carbocycles. The summed E-state index contributed by atoms with van der Waals surface area (Å²) >= 11 is 5.91. The molecule has 0 aliphatic carbocycles. The van der Waals surface area contributed by atoms with Crippen LogP contribution < -0.4 is 10.2 Å². The third kappa shape index (κ3) is 3.07. The Bertz CT molecular complexity index is 1270. The van der Waals surface area contributed by atoms with Gasteiger partial charge >= 0.3 is 0 Å². The van der Waals surface area contributed by atoms with Crippen LogP contribution in [0.2, 0.25) is 5.02 Å². The molecule has 1 aliphatic heterocycles. The molecule has 1 atom stereocenters. The van der Waals surface area contributed by atoms with Crippen LogP contribution in [0.5, 0.6) is 0 Å². The highest BCUT2D eigenvalue weighted by molar-refractivity contribution is 6.30. The molecule has 30 heavy (non-hydrogen) atoms. The first-order valence-electron chi connectivity index (χ1n) is 9.41. The number of nitrogens with one attached hydrogen (secondary N) is 2. The van der Waals surface area contributed by atoms with Crippen molar-refractivity contribution in [2.45, 2.75) is 12.5 Å². The second-order valence-electron chi connectivity index (χ2n) is 7.29. The summed E-state index contributed by atoms with van der Waals surface area (Å²) in [5, 5.41) is 11.5. The maximum atomic E-state index is 13.5. The number of pyridine rings is 1. The molecule has 0 radical (unpaired) electrons. The zero-order chi connectivity index (χ0) is 20.8. The highest BCUT2D eigenvalue weighted by Gasteiger charge is 2.31. The Morgan fingerprint density at radius 1 is 1.17 bits per heavy atom. The fraction of sp³-hybridized carbons (Fsp3) is 0.136. The lowest BCUT2D eigenvalue weighted by molar-refractivity contribution is -0.117. The quantitative estimate of drug-likeness (QED) is 0.513. The molecule has 2 N–H and O–H groups in total. The van der Waals surface area contributed by atoms with Crippen LogP contribution in [-0.4, -0.2) is 34.2 Å². The van der Waals surface area contributed by atoms with Gasteiger partial charge in [-0.2, -0.15) is 5.10 Å². The molecular weight excluding hydrogens is 405 g/mol. The first-order valence-corrected chi connectivity index (χ1v) is 9.79. The molecule has 1 amide bonds. The Morgan fingerprint density at radius 3 is 2.73 bits per heavy atom. The highest BCUT2D eigenvalue weighted by atomic mass is 35.5. The first-order chi connectivity index (χ1) is 14.5. The molecule has 1 unspecified atom stereocenters. The Labute approximate surface area is 176 Å². The van der Waals surface area contributed by atoms with E-state index in [0.717, 1.165) is 33.4 Å². The Balaban J connectivity index is 1.54. The predicted molar refractivity (Wildman–Crippen MR) is 115 cm³/mol. The monoisotopic (exact) mass is 421 g/mol. The highest BCUT2D eigenvalue weighted by Crippen LogP contribution is 2.38. The minimum Gasteiger partial charge on any atom is -0.361 e. The number of hydrogen-bond acceptors (Lipinski definition) is 4. The molecular formula is C22H17ClFN5O. The molecule has 0 saturated heterocycles. The van der Waals surface area contributed by atoms with E-state index < -0.39 is 11.9 Å². The third-order valence-corrected chi connectivity index (χ3v) is 5.74. The molecule has 4 aromatic rings. The fourth-order valence-electron chi connectivity index (χ4n) is 3.85. The Kier molecular flexibility index (Phi) is 4.40. The molecule has 5 rings (SSSR count). The van der Waals surface area contributed by atoms with Crippen molar-refractivity contribution in [2.24, 2.45) is 0 Å². The van der Waals surface area contributed by atoms with Crippen LogP contribution in [0, 0.1) is 5.82 Å². The molecule has 150 valence electrons. The van der Waals surface area contributed by atoms with Gasteiger partial charge in [-0.15, -0.1) is 0 Å². The molecule has 0 bridgehead atoms. The lowest BCUT2D eigenvalue weighted by atomic mass is 9.99. The van der Waals surface area contributed by atoms with Crippen LogP contribution in [0.1, 0.15) is 5.56 Å². The third-order valence-electron chi connectivity index (χ3n) is 5.45. The SMILES string of the molecule is CN1c2cc3c(-c4ccncc4)n[nH]c3cc2NC(=O)C1Cc1ccc(F)c(Cl)c1. The number of nitrogens with zero attached hydrogens (tertiary/aromatic N) is 3. The summed E-state index contributed by atoms with van der Waals surface area (Å²) in [6.45, 7) is 0. The molecule has 8 heteroatoms. The van der Waals surface area contributed by atoms with Crippen molar-refractivity contribution in [3.05, 3.63) is 71.3 Å². The number of aromatic amines is 1. The standard InChI is InChI=1S/C22H17ClFN5O/c1-29-19-10-14-17(27-28-21(14)13-4-6-25-7-5-13)11-18(19)26-22(30)20(29)9-12-2-3-16(24)15(23)8-12/h2-8,10-11,20H,9H2,1H3,(H,26,30)(H,27,28). The van der Waals surface area contributed by atoms with Crippen molar-refractivity contribution in [1.29, 1.82) is 0 Å². The number of anilines is 2. The van der Waals surface area contributed by atoms with Gasteiger partial charge in [0.25, 0.3) is 0 Å². The normalized spacial score (nSPS) is 15.9. The van der Waals surface area contributed by atoms with E-state index in [0.29, 0.717) is 12.1 Å². The maximum Gasteiger partial charge on any atom is 0.247 e. The lowest BCUT2D eigenvalue weighted by Crippen LogP contribution is -2.47. The smallest absolute Gasteiger partial charge is 0.247 e. The predicted octanol–water partition coefficient (Wildman–Crippen LogP) is 4.42. The number of hydrogen-bond donors (Lipinski definition) is 2. The largest absolute Gasteiger partial charge is 0.361 e. The fourth-order valence-corrected chi connectivity index (χ4v) is 4.06. The summed E-state index contributed by atoms with van der Waals surface area (Å²) in [5.74, 6) is -0.600. The van der Waals surface area contributed by atoms with E-state index >= 15 is 0 Å². The Hall–Kier alpha value is -3.45. The number of amides is 1. The molecule has 6 nitrogen and oxygen atoms in total. The van der Waals surface area contributed by atoms with Crippen molar-refractivity contribution < 1.29 is 9.18 Å². The number of benzene rings is 2. The van der Waals surface area contributed by atoms with Crippen molar-refractivity contribution in [3.63, 3.8) is 0 Å². The average Bonchev–Trinajstić information content (AvgIpc) is 3.16. The average molecular weight is 422 g/mol. The van der Waals surface area contributed by atoms with Gasteiger partial charge in [-0.1, -0.05) is 17.7 Å². The van der Waals surface area contributed by atoms with Gasteiger partial charge in [0, 0.05) is 36.8 Å². The molecule has 1 aliphatic rings. The van der Waals surface area contributed by atoms with Crippen molar-refractivity contribution in [3.8, 4) is 11.3 Å². The first kappa shape index (κ1) is 18.6. The van der Waals surface area contributed by atoms with E-state index in [2.05, 4.69) is 20.5 Å². The van der Waals surface area contributed by atoms with E-state index in [4.69, 9.17) is 11.6 Å². The van der Waals surface area contributed by atoms with Crippen LogP contribution in [0.4, 0.5) is 15.8 Å². The second-order valence-corrected chi connectivity index (χ2v) is 7.70.